The van der Waals surface area contributed by atoms with Gasteiger partial charge >= 0.3 is 5.97 Å². The van der Waals surface area contributed by atoms with E-state index in [0.29, 0.717) is 6.54 Å². The van der Waals surface area contributed by atoms with E-state index >= 15 is 0 Å². The number of methoxy groups -OCH3 is 1. The molecule has 0 aromatic heterocycles. The van der Waals surface area contributed by atoms with E-state index in [2.05, 4.69) is 4.74 Å². The predicted octanol–water partition coefficient (Wildman–Crippen LogP) is -1.15. The molecule has 96 valence electrons. The normalized spacial score (nSPS) is 15.9. The van der Waals surface area contributed by atoms with Crippen LogP contribution in [0.1, 0.15) is 6.92 Å². The molecule has 0 heterocycles. The first kappa shape index (κ1) is 15.3. The summed E-state index contributed by atoms with van der Waals surface area (Å²) in [4.78, 5) is 13.0. The molecule has 6 nitrogen and oxygen atoms in total. The molecule has 16 heavy (non-hydrogen) atoms. The smallest absolute Gasteiger partial charge is 0.326 e. The summed E-state index contributed by atoms with van der Waals surface area (Å²) in [5.41, 5.74) is 4.62. The van der Waals surface area contributed by atoms with Gasteiger partial charge in [0.1, 0.15) is 15.4 Å². The highest BCUT2D eigenvalue weighted by atomic mass is 32.2. The molecule has 0 amide bonds. The number of carbonyl (C=O) groups excluding carboxylic acids is 1. The van der Waals surface area contributed by atoms with Crippen LogP contribution in [0.3, 0.4) is 0 Å². The van der Waals surface area contributed by atoms with Crippen molar-refractivity contribution in [2.75, 3.05) is 39.3 Å². The molecular weight excluding hydrogens is 232 g/mol. The molecule has 1 unspecified atom stereocenters. The average Bonchev–Trinajstić information content (AvgIpc) is 2.11. The summed E-state index contributed by atoms with van der Waals surface area (Å²) in [5, 5.41) is 0. The van der Waals surface area contributed by atoms with Crippen molar-refractivity contribution in [2.24, 2.45) is 5.73 Å². The lowest BCUT2D eigenvalue weighted by Gasteiger charge is -2.27. The molecule has 2 N–H and O–H groups in total. The van der Waals surface area contributed by atoms with E-state index in [1.165, 1.54) is 13.4 Å². The summed E-state index contributed by atoms with van der Waals surface area (Å²) >= 11 is 0. The van der Waals surface area contributed by atoms with Gasteiger partial charge in [-0.1, -0.05) is 0 Å². The van der Waals surface area contributed by atoms with E-state index in [4.69, 9.17) is 5.73 Å². The highest BCUT2D eigenvalue weighted by molar-refractivity contribution is 7.90. The number of nitrogens with two attached hydrogens (primary N) is 1. The molecule has 7 heteroatoms. The molecule has 0 aromatic rings. The highest BCUT2D eigenvalue weighted by Gasteiger charge is 2.30. The third-order valence-corrected chi connectivity index (χ3v) is 3.02. The molecule has 0 spiro atoms. The lowest BCUT2D eigenvalue weighted by molar-refractivity contribution is -0.147. The van der Waals surface area contributed by atoms with Gasteiger partial charge in [0, 0.05) is 19.3 Å². The van der Waals surface area contributed by atoms with Crippen LogP contribution >= 0.6 is 0 Å². The van der Waals surface area contributed by atoms with Gasteiger partial charge in [-0.05, 0) is 14.0 Å². The van der Waals surface area contributed by atoms with E-state index < -0.39 is 21.3 Å². The summed E-state index contributed by atoms with van der Waals surface area (Å²) in [6, 6.07) is 0. The topological polar surface area (TPSA) is 89.7 Å². The van der Waals surface area contributed by atoms with Crippen molar-refractivity contribution >= 4 is 15.8 Å². The summed E-state index contributed by atoms with van der Waals surface area (Å²) in [5.74, 6) is -0.473. The van der Waals surface area contributed by atoms with E-state index in [1.54, 1.807) is 18.9 Å². The van der Waals surface area contributed by atoms with Crippen LogP contribution < -0.4 is 5.73 Å². The van der Waals surface area contributed by atoms with Crippen LogP contribution in [0.15, 0.2) is 0 Å². The van der Waals surface area contributed by atoms with Gasteiger partial charge in [-0.2, -0.15) is 0 Å². The van der Waals surface area contributed by atoms with E-state index in [9.17, 15) is 13.2 Å². The van der Waals surface area contributed by atoms with Crippen LogP contribution in [-0.4, -0.2) is 64.1 Å². The van der Waals surface area contributed by atoms with Crippen LogP contribution in [-0.2, 0) is 19.4 Å². The molecule has 0 aliphatic heterocycles. The first-order valence-corrected chi connectivity index (χ1v) is 6.88. The van der Waals surface area contributed by atoms with Gasteiger partial charge in [-0.25, -0.2) is 8.42 Å². The van der Waals surface area contributed by atoms with Crippen LogP contribution in [0.25, 0.3) is 0 Å². The first-order valence-electron chi connectivity index (χ1n) is 4.82. The van der Waals surface area contributed by atoms with Crippen LogP contribution in [0.2, 0.25) is 0 Å². The van der Waals surface area contributed by atoms with E-state index in [0.717, 1.165) is 0 Å². The Bertz CT molecular complexity index is 337. The number of hydrogen-bond acceptors (Lipinski definition) is 6. The fraction of sp³-hybridized carbons (Fsp3) is 0.889. The second-order valence-electron chi connectivity index (χ2n) is 4.28. The average molecular weight is 252 g/mol. The number of hydrogen-bond donors (Lipinski definition) is 1. The van der Waals surface area contributed by atoms with Gasteiger partial charge in [-0.15, -0.1) is 0 Å². The molecule has 1 atom stereocenters. The third-order valence-electron chi connectivity index (χ3n) is 2.09. The third kappa shape index (κ3) is 6.04. The van der Waals surface area contributed by atoms with Gasteiger partial charge in [0.15, 0.2) is 0 Å². The monoisotopic (exact) mass is 252 g/mol. The molecule has 0 aliphatic carbocycles. The Morgan fingerprint density at radius 3 is 2.38 bits per heavy atom. The number of rotatable bonds is 6. The fourth-order valence-corrected chi connectivity index (χ4v) is 1.90. The standard InChI is InChI=1S/C9H20N2O4S/c1-9(10,8(12)15-3)7-11(2)5-6-16(4,13)14/h5-7,10H2,1-4H3. The van der Waals surface area contributed by atoms with Crippen molar-refractivity contribution in [3.8, 4) is 0 Å². The minimum Gasteiger partial charge on any atom is -0.468 e. The Morgan fingerprint density at radius 2 is 2.00 bits per heavy atom. The van der Waals surface area contributed by atoms with Gasteiger partial charge < -0.3 is 15.4 Å². The van der Waals surface area contributed by atoms with Crippen molar-refractivity contribution in [3.05, 3.63) is 0 Å². The number of ether oxygens (including phenoxy) is 1. The molecule has 0 rings (SSSR count). The summed E-state index contributed by atoms with van der Waals surface area (Å²) in [7, 11) is -0.0239. The maximum absolute atomic E-state index is 11.3. The number of carbonyl (C=O) groups is 1. The maximum Gasteiger partial charge on any atom is 0.326 e. The molecule has 0 aromatic carbocycles. The first-order chi connectivity index (χ1) is 7.08. The molecule has 0 saturated carbocycles. The molecule has 0 fully saturated rings. The van der Waals surface area contributed by atoms with Crippen LogP contribution in [0.5, 0.6) is 0 Å². The Balaban J connectivity index is 4.24. The quantitative estimate of drug-likeness (QED) is 0.601. The zero-order valence-electron chi connectivity index (χ0n) is 10.2. The van der Waals surface area contributed by atoms with Crippen LogP contribution in [0.4, 0.5) is 0 Å². The molecule has 0 saturated heterocycles. The second-order valence-corrected chi connectivity index (χ2v) is 6.54. The van der Waals surface area contributed by atoms with Crippen molar-refractivity contribution in [3.63, 3.8) is 0 Å². The summed E-state index contributed by atoms with van der Waals surface area (Å²) < 4.78 is 26.4. The molecule has 0 bridgehead atoms. The number of likely N-dealkylation sites (N-methyl/N-ethyl adjacent to an activating group) is 1. The van der Waals surface area contributed by atoms with Crippen molar-refractivity contribution in [1.29, 1.82) is 0 Å². The molecule has 0 radical (unpaired) electrons. The van der Waals surface area contributed by atoms with Gasteiger partial charge in [0.05, 0.1) is 12.9 Å². The Hall–Kier alpha value is -0.660. The van der Waals surface area contributed by atoms with Crippen molar-refractivity contribution in [2.45, 2.75) is 12.5 Å². The minimum absolute atomic E-state index is 0.0424. The zero-order valence-corrected chi connectivity index (χ0v) is 11.0. The Labute approximate surface area is 96.7 Å². The minimum atomic E-state index is -3.00. The number of esters is 1. The van der Waals surface area contributed by atoms with Crippen molar-refractivity contribution < 1.29 is 17.9 Å². The van der Waals surface area contributed by atoms with Crippen LogP contribution in [0, 0.1) is 0 Å². The lowest BCUT2D eigenvalue weighted by atomic mass is 10.0. The largest absolute Gasteiger partial charge is 0.468 e. The fourth-order valence-electron chi connectivity index (χ4n) is 1.26. The van der Waals surface area contributed by atoms with Gasteiger partial charge in [-0.3, -0.25) is 4.79 Å². The zero-order chi connectivity index (χ0) is 13.0. The summed E-state index contributed by atoms with van der Waals surface area (Å²) in [6.45, 7) is 2.13. The molecular formula is C9H20N2O4S. The number of nitrogens with zero attached hydrogens (tertiary/aromatic N) is 1. The predicted molar refractivity (Wildman–Crippen MR) is 61.8 cm³/mol. The summed E-state index contributed by atoms with van der Waals surface area (Å²) in [6.07, 6.45) is 1.17. The second kappa shape index (κ2) is 5.60. The lowest BCUT2D eigenvalue weighted by Crippen LogP contribution is -2.54. The van der Waals surface area contributed by atoms with Gasteiger partial charge in [0.2, 0.25) is 0 Å². The molecule has 0 aliphatic rings. The van der Waals surface area contributed by atoms with E-state index in [1.807, 2.05) is 0 Å². The highest BCUT2D eigenvalue weighted by Crippen LogP contribution is 2.04. The van der Waals surface area contributed by atoms with Gasteiger partial charge in [0.25, 0.3) is 0 Å². The Kier molecular flexibility index (Phi) is 5.37. The van der Waals surface area contributed by atoms with E-state index in [-0.39, 0.29) is 12.3 Å². The SMILES string of the molecule is COC(=O)C(C)(N)CN(C)CCS(C)(=O)=O. The van der Waals surface area contributed by atoms with Crippen molar-refractivity contribution in [1.82, 2.24) is 4.90 Å². The maximum atomic E-state index is 11.3. The number of sulfone groups is 1. The Morgan fingerprint density at radius 1 is 1.50 bits per heavy atom.